The number of carbonyl (C=O) groups excluding carboxylic acids is 1. The van der Waals surface area contributed by atoms with Crippen molar-refractivity contribution in [2.24, 2.45) is 0 Å². The number of carboxylic acids is 1. The number of carbonyl (C=O) groups is 2. The summed E-state index contributed by atoms with van der Waals surface area (Å²) in [6.45, 7) is 0. The highest BCUT2D eigenvalue weighted by atomic mass is 32.2. The molecule has 1 aliphatic heterocycles. The molecule has 6 heteroatoms. The predicted octanol–water partition coefficient (Wildman–Crippen LogP) is 3.01. The first kappa shape index (κ1) is 16.2. The molecule has 0 bridgehead atoms. The van der Waals surface area contributed by atoms with E-state index in [9.17, 15) is 14.7 Å². The highest BCUT2D eigenvalue weighted by molar-refractivity contribution is 8.00. The number of aliphatic carboxylic acids is 1. The molecule has 2 aromatic carbocycles. The number of nitrogens with one attached hydrogen (secondary N) is 1. The van der Waals surface area contributed by atoms with E-state index in [1.165, 1.54) is 11.8 Å². The molecule has 3 rings (SSSR count). The largest absolute Gasteiger partial charge is 0.479 e. The van der Waals surface area contributed by atoms with Crippen LogP contribution < -0.4 is 5.32 Å². The SMILES string of the molecule is O=C(CSc1ccc2ccccc2c1)NC1(C(=O)O)CCSC1. The van der Waals surface area contributed by atoms with E-state index in [1.807, 2.05) is 42.5 Å². The van der Waals surface area contributed by atoms with Crippen LogP contribution in [0, 0.1) is 0 Å². The Kier molecular flexibility index (Phi) is 4.82. The van der Waals surface area contributed by atoms with Crippen LogP contribution in [-0.4, -0.2) is 39.8 Å². The normalized spacial score (nSPS) is 20.5. The maximum Gasteiger partial charge on any atom is 0.330 e. The smallest absolute Gasteiger partial charge is 0.330 e. The summed E-state index contributed by atoms with van der Waals surface area (Å²) in [6, 6.07) is 14.1. The average Bonchev–Trinajstić information content (AvgIpc) is 3.02. The minimum Gasteiger partial charge on any atom is -0.479 e. The van der Waals surface area contributed by atoms with Gasteiger partial charge in [-0.3, -0.25) is 4.79 Å². The second kappa shape index (κ2) is 6.84. The molecule has 0 aliphatic carbocycles. The standard InChI is InChI=1S/C17H17NO3S2/c19-15(18-17(16(20)21)7-8-22-11-17)10-23-14-6-5-12-3-1-2-4-13(12)9-14/h1-6,9H,7-8,10-11H2,(H,18,19)(H,20,21). The van der Waals surface area contributed by atoms with Crippen molar-refractivity contribution in [1.29, 1.82) is 0 Å². The average molecular weight is 347 g/mol. The number of amides is 1. The van der Waals surface area contributed by atoms with E-state index in [4.69, 9.17) is 0 Å². The molecule has 2 aromatic rings. The molecule has 0 saturated carbocycles. The van der Waals surface area contributed by atoms with Crippen LogP contribution in [0.25, 0.3) is 10.8 Å². The summed E-state index contributed by atoms with van der Waals surface area (Å²) in [6.07, 6.45) is 0.485. The lowest BCUT2D eigenvalue weighted by Crippen LogP contribution is -2.55. The summed E-state index contributed by atoms with van der Waals surface area (Å²) in [5.41, 5.74) is -1.09. The molecule has 4 nitrogen and oxygen atoms in total. The van der Waals surface area contributed by atoms with Gasteiger partial charge in [0.05, 0.1) is 5.75 Å². The Balaban J connectivity index is 1.62. The maximum absolute atomic E-state index is 12.1. The van der Waals surface area contributed by atoms with Gasteiger partial charge in [0.2, 0.25) is 5.91 Å². The van der Waals surface area contributed by atoms with Gasteiger partial charge in [-0.25, -0.2) is 4.79 Å². The van der Waals surface area contributed by atoms with Crippen LogP contribution in [0.4, 0.5) is 0 Å². The fourth-order valence-electron chi connectivity index (χ4n) is 2.59. The van der Waals surface area contributed by atoms with Crippen molar-refractivity contribution in [2.45, 2.75) is 16.9 Å². The van der Waals surface area contributed by atoms with Gasteiger partial charge in [0, 0.05) is 10.6 Å². The van der Waals surface area contributed by atoms with E-state index in [-0.39, 0.29) is 11.7 Å². The number of fused-ring (bicyclic) bond motifs is 1. The fraction of sp³-hybridized carbons (Fsp3) is 0.294. The fourth-order valence-corrected chi connectivity index (χ4v) is 4.66. The second-order valence-corrected chi connectivity index (χ2v) is 7.69. The van der Waals surface area contributed by atoms with Crippen LogP contribution >= 0.6 is 23.5 Å². The lowest BCUT2D eigenvalue weighted by Gasteiger charge is -2.24. The van der Waals surface area contributed by atoms with Crippen molar-refractivity contribution >= 4 is 46.2 Å². The van der Waals surface area contributed by atoms with Gasteiger partial charge < -0.3 is 10.4 Å². The molecule has 120 valence electrons. The van der Waals surface area contributed by atoms with Gasteiger partial charge in [0.1, 0.15) is 5.54 Å². The summed E-state index contributed by atoms with van der Waals surface area (Å²) in [5.74, 6) is 0.261. The number of carboxylic acid groups (broad SMARTS) is 1. The molecule has 0 spiro atoms. The molecule has 1 aliphatic rings. The van der Waals surface area contributed by atoms with Crippen molar-refractivity contribution < 1.29 is 14.7 Å². The van der Waals surface area contributed by atoms with Crippen LogP contribution in [0.1, 0.15) is 6.42 Å². The highest BCUT2D eigenvalue weighted by Gasteiger charge is 2.43. The summed E-state index contributed by atoms with van der Waals surface area (Å²) in [4.78, 5) is 24.6. The molecule has 0 radical (unpaired) electrons. The lowest BCUT2D eigenvalue weighted by molar-refractivity contribution is -0.146. The third-order valence-corrected chi connectivity index (χ3v) is 6.08. The number of benzene rings is 2. The molecule has 2 N–H and O–H groups in total. The Morgan fingerprint density at radius 1 is 1.22 bits per heavy atom. The highest BCUT2D eigenvalue weighted by Crippen LogP contribution is 2.29. The molecular formula is C17H17NO3S2. The molecule has 1 unspecified atom stereocenters. The Morgan fingerprint density at radius 3 is 2.70 bits per heavy atom. The quantitative estimate of drug-likeness (QED) is 0.814. The minimum absolute atomic E-state index is 0.220. The van der Waals surface area contributed by atoms with Crippen molar-refractivity contribution in [3.05, 3.63) is 42.5 Å². The number of rotatable bonds is 5. The van der Waals surface area contributed by atoms with Gasteiger partial charge >= 0.3 is 5.97 Å². The molecule has 23 heavy (non-hydrogen) atoms. The zero-order valence-electron chi connectivity index (χ0n) is 12.5. The van der Waals surface area contributed by atoms with Gasteiger partial charge in [0.25, 0.3) is 0 Å². The van der Waals surface area contributed by atoms with Gasteiger partial charge in [-0.05, 0) is 35.1 Å². The van der Waals surface area contributed by atoms with Crippen LogP contribution in [0.5, 0.6) is 0 Å². The van der Waals surface area contributed by atoms with E-state index in [2.05, 4.69) is 5.32 Å². The van der Waals surface area contributed by atoms with E-state index in [0.717, 1.165) is 21.4 Å². The third kappa shape index (κ3) is 3.64. The van der Waals surface area contributed by atoms with Crippen molar-refractivity contribution in [3.8, 4) is 0 Å². The number of thioether (sulfide) groups is 2. The van der Waals surface area contributed by atoms with Crippen molar-refractivity contribution in [2.75, 3.05) is 17.3 Å². The molecule has 1 heterocycles. The molecule has 0 aromatic heterocycles. The summed E-state index contributed by atoms with van der Waals surface area (Å²) in [5, 5.41) is 14.4. The summed E-state index contributed by atoms with van der Waals surface area (Å²) >= 11 is 2.99. The summed E-state index contributed by atoms with van der Waals surface area (Å²) in [7, 11) is 0. The molecule has 1 amide bonds. The van der Waals surface area contributed by atoms with Crippen molar-refractivity contribution in [1.82, 2.24) is 5.32 Å². The lowest BCUT2D eigenvalue weighted by atomic mass is 9.99. The van der Waals surface area contributed by atoms with Gasteiger partial charge in [-0.15, -0.1) is 11.8 Å². The van der Waals surface area contributed by atoms with Crippen LogP contribution in [0.15, 0.2) is 47.4 Å². The molecule has 1 atom stereocenters. The zero-order chi connectivity index (χ0) is 16.3. The summed E-state index contributed by atoms with van der Waals surface area (Å²) < 4.78 is 0. The third-order valence-electron chi connectivity index (χ3n) is 3.90. The maximum atomic E-state index is 12.1. The first-order chi connectivity index (χ1) is 11.1. The van der Waals surface area contributed by atoms with Gasteiger partial charge in [0.15, 0.2) is 0 Å². The van der Waals surface area contributed by atoms with E-state index >= 15 is 0 Å². The minimum atomic E-state index is -1.09. The Hall–Kier alpha value is -1.66. The number of hydrogen-bond donors (Lipinski definition) is 2. The van der Waals surface area contributed by atoms with Crippen LogP contribution in [-0.2, 0) is 9.59 Å². The Morgan fingerprint density at radius 2 is 2.00 bits per heavy atom. The Bertz CT molecular complexity index is 741. The molecule has 1 saturated heterocycles. The monoisotopic (exact) mass is 347 g/mol. The zero-order valence-corrected chi connectivity index (χ0v) is 14.1. The first-order valence-corrected chi connectivity index (χ1v) is 9.47. The predicted molar refractivity (Wildman–Crippen MR) is 95.1 cm³/mol. The Labute approximate surface area is 143 Å². The van der Waals surface area contributed by atoms with Gasteiger partial charge in [-0.1, -0.05) is 30.3 Å². The molecular weight excluding hydrogens is 330 g/mol. The topological polar surface area (TPSA) is 66.4 Å². The van der Waals surface area contributed by atoms with Crippen LogP contribution in [0.2, 0.25) is 0 Å². The van der Waals surface area contributed by atoms with Crippen LogP contribution in [0.3, 0.4) is 0 Å². The van der Waals surface area contributed by atoms with E-state index in [0.29, 0.717) is 12.2 Å². The number of hydrogen-bond acceptors (Lipinski definition) is 4. The van der Waals surface area contributed by atoms with E-state index < -0.39 is 11.5 Å². The van der Waals surface area contributed by atoms with E-state index in [1.54, 1.807) is 11.8 Å². The second-order valence-electron chi connectivity index (χ2n) is 5.54. The first-order valence-electron chi connectivity index (χ1n) is 7.33. The van der Waals surface area contributed by atoms with Gasteiger partial charge in [-0.2, -0.15) is 11.8 Å². The molecule has 1 fully saturated rings. The van der Waals surface area contributed by atoms with Crippen molar-refractivity contribution in [3.63, 3.8) is 0 Å².